The van der Waals surface area contributed by atoms with E-state index >= 15 is 0 Å². The lowest BCUT2D eigenvalue weighted by molar-refractivity contribution is 0.513. The Morgan fingerprint density at radius 2 is 2.13 bits per heavy atom. The second kappa shape index (κ2) is 3.65. The summed E-state index contributed by atoms with van der Waals surface area (Å²) >= 11 is 0. The van der Waals surface area contributed by atoms with Gasteiger partial charge in [0.2, 0.25) is 0 Å². The molecule has 0 saturated heterocycles. The van der Waals surface area contributed by atoms with E-state index < -0.39 is 0 Å². The monoisotopic (exact) mass is 206 g/mol. The molecule has 1 aliphatic heterocycles. The molecule has 80 valence electrons. The molecule has 1 unspecified atom stereocenters. The minimum Gasteiger partial charge on any atom is -0.344 e. The Labute approximate surface area is 89.2 Å². The van der Waals surface area contributed by atoms with E-state index in [4.69, 9.17) is 0 Å². The summed E-state index contributed by atoms with van der Waals surface area (Å²) in [7, 11) is 0. The number of aliphatic imine (C=N–C) groups is 1. The molecule has 2 rings (SSSR count). The van der Waals surface area contributed by atoms with Gasteiger partial charge >= 0.3 is 0 Å². The summed E-state index contributed by atoms with van der Waals surface area (Å²) < 4.78 is 13.1. The zero-order valence-corrected chi connectivity index (χ0v) is 9.21. The average Bonchev–Trinajstić information content (AvgIpc) is 2.15. The second-order valence-electron chi connectivity index (χ2n) is 4.26. The van der Waals surface area contributed by atoms with Gasteiger partial charge in [0.05, 0.1) is 11.9 Å². The number of fused-ring (bicyclic) bond motifs is 1. The van der Waals surface area contributed by atoms with Crippen molar-refractivity contribution in [1.29, 1.82) is 0 Å². The topological polar surface area (TPSA) is 24.4 Å². The van der Waals surface area contributed by atoms with Gasteiger partial charge in [-0.15, -0.1) is 0 Å². The molecular weight excluding hydrogens is 191 g/mol. The molecule has 0 spiro atoms. The molecule has 15 heavy (non-hydrogen) atoms. The van der Waals surface area contributed by atoms with Gasteiger partial charge in [0.1, 0.15) is 5.82 Å². The van der Waals surface area contributed by atoms with Gasteiger partial charge in [-0.05, 0) is 25.0 Å². The second-order valence-corrected chi connectivity index (χ2v) is 4.26. The molecule has 0 saturated carbocycles. The number of nitrogens with zero attached hydrogens (tertiary/aromatic N) is 1. The molecule has 0 radical (unpaired) electrons. The predicted molar refractivity (Wildman–Crippen MR) is 60.7 cm³/mol. The van der Waals surface area contributed by atoms with Crippen molar-refractivity contribution in [1.82, 2.24) is 0 Å². The molecule has 0 bridgehead atoms. The molecule has 2 nitrogen and oxygen atoms in total. The molecule has 0 amide bonds. The molecule has 1 N–H and O–H groups in total. The Kier molecular flexibility index (Phi) is 2.47. The van der Waals surface area contributed by atoms with E-state index in [1.807, 2.05) is 13.0 Å². The molecule has 0 fully saturated rings. The van der Waals surface area contributed by atoms with Gasteiger partial charge in [-0.2, -0.15) is 0 Å². The number of hydrogen-bond acceptors (Lipinski definition) is 2. The molecule has 1 heterocycles. The van der Waals surface area contributed by atoms with Crippen molar-refractivity contribution < 1.29 is 4.39 Å². The quantitative estimate of drug-likeness (QED) is 0.748. The lowest BCUT2D eigenvalue weighted by Crippen LogP contribution is -2.20. The number of amidine groups is 1. The Morgan fingerprint density at radius 1 is 1.40 bits per heavy atom. The Bertz CT molecular complexity index is 410. The number of nitrogens with one attached hydrogen (secondary N) is 1. The fraction of sp³-hybridized carbons (Fsp3) is 0.417. The van der Waals surface area contributed by atoms with Gasteiger partial charge in [0, 0.05) is 11.3 Å². The summed E-state index contributed by atoms with van der Waals surface area (Å²) in [4.78, 5) is 4.54. The lowest BCUT2D eigenvalue weighted by Gasteiger charge is -2.26. The van der Waals surface area contributed by atoms with Crippen molar-refractivity contribution in [3.8, 4) is 0 Å². The van der Waals surface area contributed by atoms with E-state index in [0.29, 0.717) is 5.92 Å². The highest BCUT2D eigenvalue weighted by Crippen LogP contribution is 2.35. The van der Waals surface area contributed by atoms with Gasteiger partial charge in [0.15, 0.2) is 0 Å². The van der Waals surface area contributed by atoms with Crippen LogP contribution in [0.4, 0.5) is 10.1 Å². The molecule has 0 aliphatic carbocycles. The van der Waals surface area contributed by atoms with Crippen LogP contribution in [0, 0.1) is 11.7 Å². The Balaban J connectivity index is 2.48. The van der Waals surface area contributed by atoms with Crippen molar-refractivity contribution >= 4 is 11.5 Å². The van der Waals surface area contributed by atoms with Crippen LogP contribution in [0.5, 0.6) is 0 Å². The fourth-order valence-electron chi connectivity index (χ4n) is 1.91. The van der Waals surface area contributed by atoms with Crippen molar-refractivity contribution in [2.45, 2.75) is 26.8 Å². The molecule has 1 aliphatic rings. The standard InChI is InChI=1S/C12H15FN2/c1-7(2)12-10-5-4-9(13)6-11(10)14-8(3)15-12/h4-7,12H,1-3H3,(H,14,15). The predicted octanol–water partition coefficient (Wildman–Crippen LogP) is 3.37. The average molecular weight is 206 g/mol. The summed E-state index contributed by atoms with van der Waals surface area (Å²) in [5.41, 5.74) is 1.93. The minimum atomic E-state index is -0.210. The third-order valence-corrected chi connectivity index (χ3v) is 2.61. The molecular formula is C12H15FN2. The van der Waals surface area contributed by atoms with Crippen LogP contribution in [0.2, 0.25) is 0 Å². The molecule has 3 heteroatoms. The minimum absolute atomic E-state index is 0.141. The van der Waals surface area contributed by atoms with Gasteiger partial charge in [-0.25, -0.2) is 4.39 Å². The normalized spacial score (nSPS) is 19.5. The third-order valence-electron chi connectivity index (χ3n) is 2.61. The Morgan fingerprint density at radius 3 is 2.80 bits per heavy atom. The van der Waals surface area contributed by atoms with Crippen LogP contribution >= 0.6 is 0 Å². The van der Waals surface area contributed by atoms with Crippen LogP contribution in [-0.2, 0) is 0 Å². The highest BCUT2D eigenvalue weighted by Gasteiger charge is 2.22. The van der Waals surface area contributed by atoms with E-state index in [1.54, 1.807) is 0 Å². The number of hydrogen-bond donors (Lipinski definition) is 1. The highest BCUT2D eigenvalue weighted by atomic mass is 19.1. The molecule has 1 aromatic rings. The zero-order valence-electron chi connectivity index (χ0n) is 9.21. The van der Waals surface area contributed by atoms with Crippen molar-refractivity contribution in [2.75, 3.05) is 5.32 Å². The molecule has 1 atom stereocenters. The summed E-state index contributed by atoms with van der Waals surface area (Å²) in [6, 6.07) is 4.98. The number of benzene rings is 1. The maximum atomic E-state index is 13.1. The van der Waals surface area contributed by atoms with Crippen LogP contribution in [0.25, 0.3) is 0 Å². The molecule has 1 aromatic carbocycles. The smallest absolute Gasteiger partial charge is 0.125 e. The van der Waals surface area contributed by atoms with Crippen LogP contribution in [-0.4, -0.2) is 5.84 Å². The van der Waals surface area contributed by atoms with Crippen LogP contribution < -0.4 is 5.32 Å². The van der Waals surface area contributed by atoms with Gasteiger partial charge in [-0.1, -0.05) is 19.9 Å². The molecule has 0 aromatic heterocycles. The van der Waals surface area contributed by atoms with E-state index in [9.17, 15) is 4.39 Å². The first-order valence-electron chi connectivity index (χ1n) is 5.19. The van der Waals surface area contributed by atoms with E-state index in [0.717, 1.165) is 17.1 Å². The Hall–Kier alpha value is -1.38. The maximum Gasteiger partial charge on any atom is 0.125 e. The van der Waals surface area contributed by atoms with Gasteiger partial charge in [-0.3, -0.25) is 4.99 Å². The van der Waals surface area contributed by atoms with Gasteiger partial charge < -0.3 is 5.32 Å². The van der Waals surface area contributed by atoms with Crippen LogP contribution in [0.1, 0.15) is 32.4 Å². The number of halogens is 1. The summed E-state index contributed by atoms with van der Waals surface area (Å²) in [5, 5.41) is 3.10. The first kappa shape index (κ1) is 10.1. The largest absolute Gasteiger partial charge is 0.344 e. The van der Waals surface area contributed by atoms with E-state index in [-0.39, 0.29) is 11.9 Å². The third kappa shape index (κ3) is 1.87. The fourth-order valence-corrected chi connectivity index (χ4v) is 1.91. The van der Waals surface area contributed by atoms with E-state index in [2.05, 4.69) is 24.2 Å². The summed E-state index contributed by atoms with van der Waals surface area (Å²) in [6.45, 7) is 6.16. The first-order chi connectivity index (χ1) is 7.08. The van der Waals surface area contributed by atoms with Crippen molar-refractivity contribution in [3.63, 3.8) is 0 Å². The number of rotatable bonds is 1. The van der Waals surface area contributed by atoms with Crippen LogP contribution in [0.15, 0.2) is 23.2 Å². The van der Waals surface area contributed by atoms with Gasteiger partial charge in [0.25, 0.3) is 0 Å². The zero-order chi connectivity index (χ0) is 11.0. The summed E-state index contributed by atoms with van der Waals surface area (Å²) in [6.07, 6.45) is 0. The number of anilines is 1. The lowest BCUT2D eigenvalue weighted by atomic mass is 9.94. The van der Waals surface area contributed by atoms with Crippen molar-refractivity contribution in [3.05, 3.63) is 29.6 Å². The van der Waals surface area contributed by atoms with E-state index in [1.165, 1.54) is 12.1 Å². The maximum absolute atomic E-state index is 13.1. The first-order valence-corrected chi connectivity index (χ1v) is 5.19. The van der Waals surface area contributed by atoms with Crippen molar-refractivity contribution in [2.24, 2.45) is 10.9 Å². The van der Waals surface area contributed by atoms with Crippen LogP contribution in [0.3, 0.4) is 0 Å². The highest BCUT2D eigenvalue weighted by molar-refractivity contribution is 5.96. The SMILES string of the molecule is CC1=NC(C(C)C)c2ccc(F)cc2N1. The summed E-state index contributed by atoms with van der Waals surface area (Å²) in [5.74, 6) is 1.07.